The zero-order valence-corrected chi connectivity index (χ0v) is 18.1. The van der Waals surface area contributed by atoms with Crippen molar-refractivity contribution in [1.29, 1.82) is 0 Å². The number of nitrogens with one attached hydrogen (secondary N) is 1. The van der Waals surface area contributed by atoms with E-state index in [-0.39, 0.29) is 23.4 Å². The van der Waals surface area contributed by atoms with Crippen LogP contribution in [0.5, 0.6) is 0 Å². The minimum Gasteiger partial charge on any atom is -0.480 e. The number of carbonyl (C=O) groups excluding carboxylic acids is 1. The van der Waals surface area contributed by atoms with Crippen molar-refractivity contribution in [2.75, 3.05) is 6.61 Å². The van der Waals surface area contributed by atoms with Gasteiger partial charge < -0.3 is 15.2 Å². The molecule has 0 heterocycles. The van der Waals surface area contributed by atoms with Gasteiger partial charge in [-0.15, -0.1) is 0 Å². The van der Waals surface area contributed by atoms with E-state index in [9.17, 15) is 14.7 Å². The summed E-state index contributed by atoms with van der Waals surface area (Å²) in [5, 5.41) is 12.5. The molecule has 2 aromatic rings. The Bertz CT molecular complexity index is 980. The van der Waals surface area contributed by atoms with Gasteiger partial charge in [-0.1, -0.05) is 68.8 Å². The van der Waals surface area contributed by atoms with Crippen LogP contribution in [0.3, 0.4) is 0 Å². The largest absolute Gasteiger partial charge is 0.480 e. The molecule has 3 fully saturated rings. The molecule has 0 saturated heterocycles. The summed E-state index contributed by atoms with van der Waals surface area (Å²) in [4.78, 5) is 24.6. The lowest BCUT2D eigenvalue weighted by Crippen LogP contribution is -2.73. The van der Waals surface area contributed by atoms with E-state index < -0.39 is 18.1 Å². The fraction of sp³-hybridized carbons (Fsp3) is 0.462. The molecule has 3 saturated carbocycles. The van der Waals surface area contributed by atoms with Crippen LogP contribution in [-0.2, 0) is 9.53 Å². The summed E-state index contributed by atoms with van der Waals surface area (Å²) in [7, 11) is 0. The molecular formula is C26H29NO4. The highest BCUT2D eigenvalue weighted by atomic mass is 16.5. The van der Waals surface area contributed by atoms with Gasteiger partial charge in [0.1, 0.15) is 12.6 Å². The summed E-state index contributed by atoms with van der Waals surface area (Å²) in [5.41, 5.74) is 4.59. The molecule has 0 aliphatic heterocycles. The number of fused-ring (bicyclic) bond motifs is 3. The van der Waals surface area contributed by atoms with Crippen molar-refractivity contribution >= 4 is 12.1 Å². The summed E-state index contributed by atoms with van der Waals surface area (Å²) in [5.74, 6) is -0.408. The molecule has 2 bridgehead atoms. The van der Waals surface area contributed by atoms with Gasteiger partial charge in [-0.2, -0.15) is 0 Å². The lowest BCUT2D eigenvalue weighted by molar-refractivity contribution is -0.248. The summed E-state index contributed by atoms with van der Waals surface area (Å²) in [6.07, 6.45) is 3.12. The van der Waals surface area contributed by atoms with Crippen LogP contribution in [0, 0.1) is 16.7 Å². The van der Waals surface area contributed by atoms with Crippen LogP contribution < -0.4 is 5.32 Å². The van der Waals surface area contributed by atoms with Crippen LogP contribution in [0.1, 0.15) is 56.6 Å². The van der Waals surface area contributed by atoms with Gasteiger partial charge in [0.05, 0.1) is 0 Å². The Balaban J connectivity index is 1.25. The second-order valence-electron chi connectivity index (χ2n) is 9.81. The van der Waals surface area contributed by atoms with E-state index in [1.165, 1.54) is 11.1 Å². The topological polar surface area (TPSA) is 75.6 Å². The fourth-order valence-corrected chi connectivity index (χ4v) is 6.44. The first-order valence-corrected chi connectivity index (χ1v) is 11.2. The molecule has 31 heavy (non-hydrogen) atoms. The van der Waals surface area contributed by atoms with Crippen molar-refractivity contribution < 1.29 is 19.4 Å². The van der Waals surface area contributed by atoms with Gasteiger partial charge >= 0.3 is 12.1 Å². The van der Waals surface area contributed by atoms with Crippen LogP contribution in [0.4, 0.5) is 4.79 Å². The maximum Gasteiger partial charge on any atom is 0.407 e. The van der Waals surface area contributed by atoms with Crippen molar-refractivity contribution in [1.82, 2.24) is 5.32 Å². The van der Waals surface area contributed by atoms with E-state index in [2.05, 4.69) is 43.4 Å². The Kier molecular flexibility index (Phi) is 4.61. The molecule has 5 nitrogen and oxygen atoms in total. The number of ether oxygens (including phenoxy) is 1. The normalized spacial score (nSPS) is 27.2. The number of aliphatic carboxylic acids is 1. The Labute approximate surface area is 182 Å². The number of carbonyl (C=O) groups is 2. The first-order valence-electron chi connectivity index (χ1n) is 11.2. The Morgan fingerprint density at radius 2 is 1.58 bits per heavy atom. The molecule has 2 atom stereocenters. The second kappa shape index (κ2) is 7.11. The molecule has 162 valence electrons. The smallest absolute Gasteiger partial charge is 0.407 e. The van der Waals surface area contributed by atoms with Gasteiger partial charge in [-0.05, 0) is 52.8 Å². The monoisotopic (exact) mass is 419 g/mol. The van der Waals surface area contributed by atoms with E-state index >= 15 is 0 Å². The number of rotatable bonds is 7. The van der Waals surface area contributed by atoms with Gasteiger partial charge in [0.15, 0.2) is 0 Å². The van der Waals surface area contributed by atoms with Crippen LogP contribution >= 0.6 is 0 Å². The third kappa shape index (κ3) is 2.97. The summed E-state index contributed by atoms with van der Waals surface area (Å²) in [6.45, 7) is 4.62. The van der Waals surface area contributed by atoms with Crippen LogP contribution in [-0.4, -0.2) is 29.8 Å². The lowest BCUT2D eigenvalue weighted by atomic mass is 9.30. The first-order chi connectivity index (χ1) is 14.9. The average molecular weight is 420 g/mol. The Morgan fingerprint density at radius 3 is 2.10 bits per heavy atom. The molecule has 0 aromatic heterocycles. The predicted octanol–water partition coefficient (Wildman–Crippen LogP) is 5.19. The van der Waals surface area contributed by atoms with Crippen molar-refractivity contribution in [2.24, 2.45) is 16.7 Å². The first kappa shape index (κ1) is 20.1. The second-order valence-corrected chi connectivity index (χ2v) is 9.81. The number of carboxylic acid groups (broad SMARTS) is 1. The predicted molar refractivity (Wildman–Crippen MR) is 118 cm³/mol. The third-order valence-corrected chi connectivity index (χ3v) is 8.24. The van der Waals surface area contributed by atoms with E-state index in [1.807, 2.05) is 24.3 Å². The Morgan fingerprint density at radius 1 is 1.03 bits per heavy atom. The van der Waals surface area contributed by atoms with Gasteiger partial charge in [0, 0.05) is 11.3 Å². The maximum atomic E-state index is 12.6. The molecule has 1 amide bonds. The third-order valence-electron chi connectivity index (χ3n) is 8.24. The number of amides is 1. The summed E-state index contributed by atoms with van der Waals surface area (Å²) in [6, 6.07) is 15.4. The molecule has 5 heteroatoms. The summed E-state index contributed by atoms with van der Waals surface area (Å²) < 4.78 is 5.58. The van der Waals surface area contributed by atoms with E-state index in [1.54, 1.807) is 0 Å². The van der Waals surface area contributed by atoms with E-state index in [4.69, 9.17) is 4.74 Å². The van der Waals surface area contributed by atoms with Crippen LogP contribution in [0.15, 0.2) is 48.5 Å². The summed E-state index contributed by atoms with van der Waals surface area (Å²) >= 11 is 0. The lowest BCUT2D eigenvalue weighted by Gasteiger charge is -2.74. The number of benzene rings is 2. The number of hydrogen-bond donors (Lipinski definition) is 2. The van der Waals surface area contributed by atoms with Crippen LogP contribution in [0.25, 0.3) is 11.1 Å². The highest BCUT2D eigenvalue weighted by Crippen LogP contribution is 2.77. The number of hydrogen-bond acceptors (Lipinski definition) is 3. The fourth-order valence-electron chi connectivity index (χ4n) is 6.44. The number of alkyl carbamates (subject to hydrolysis) is 1. The van der Waals surface area contributed by atoms with Crippen molar-refractivity contribution in [3.63, 3.8) is 0 Å². The van der Waals surface area contributed by atoms with Gasteiger partial charge in [0.2, 0.25) is 0 Å². The molecule has 2 unspecified atom stereocenters. The Hall–Kier alpha value is -2.82. The molecule has 6 rings (SSSR count). The molecular weight excluding hydrogens is 390 g/mol. The standard InChI is InChI=1S/C26H29NO4/c1-3-16(2)25-13-26(14-25,15-25)22(23(28)29)27-24(30)31-12-21-19-10-6-4-8-17(19)18-9-5-7-11-20(18)21/h4-11,16,21-22H,3,12-15H2,1-2H3,(H,27,30)(H,28,29). The van der Waals surface area contributed by atoms with Gasteiger partial charge in [-0.25, -0.2) is 9.59 Å². The highest BCUT2D eigenvalue weighted by molar-refractivity contribution is 5.82. The highest BCUT2D eigenvalue weighted by Gasteiger charge is 2.73. The van der Waals surface area contributed by atoms with E-state index in [0.717, 1.165) is 36.8 Å². The van der Waals surface area contributed by atoms with Gasteiger partial charge in [0.25, 0.3) is 0 Å². The SMILES string of the molecule is CCC(C)C12CC(C(NC(=O)OCC3c4ccccc4-c4ccccc43)C(=O)O)(C1)C2. The zero-order chi connectivity index (χ0) is 21.8. The molecule has 0 radical (unpaired) electrons. The molecule has 0 spiro atoms. The molecule has 2 aromatic carbocycles. The van der Waals surface area contributed by atoms with Crippen molar-refractivity contribution in [2.45, 2.75) is 51.5 Å². The van der Waals surface area contributed by atoms with Crippen molar-refractivity contribution in [3.05, 3.63) is 59.7 Å². The van der Waals surface area contributed by atoms with E-state index in [0.29, 0.717) is 5.92 Å². The average Bonchev–Trinajstić information content (AvgIpc) is 3.03. The van der Waals surface area contributed by atoms with Gasteiger partial charge in [-0.3, -0.25) is 0 Å². The minimum atomic E-state index is -0.967. The van der Waals surface area contributed by atoms with Crippen molar-refractivity contribution in [3.8, 4) is 11.1 Å². The molecule has 4 aliphatic carbocycles. The molecule has 2 N–H and O–H groups in total. The minimum absolute atomic E-state index is 0.0370. The quantitative estimate of drug-likeness (QED) is 0.647. The zero-order valence-electron chi connectivity index (χ0n) is 18.1. The number of carboxylic acids is 1. The van der Waals surface area contributed by atoms with Crippen LogP contribution in [0.2, 0.25) is 0 Å². The molecule has 4 aliphatic rings. The maximum absolute atomic E-state index is 12.6.